The van der Waals surface area contributed by atoms with E-state index in [2.05, 4.69) is 5.43 Å². The van der Waals surface area contributed by atoms with Gasteiger partial charge in [0.25, 0.3) is 0 Å². The lowest BCUT2D eigenvalue weighted by Gasteiger charge is -2.27. The number of nitrogens with one attached hydrogen (secondary N) is 1. The maximum atomic E-state index is 11.6. The number of rotatable bonds is 2. The summed E-state index contributed by atoms with van der Waals surface area (Å²) in [6, 6.07) is 7.34. The maximum Gasteiger partial charge on any atom is 0.241 e. The normalized spacial score (nSPS) is 16.9. The number of anilines is 1. The number of benzene rings is 1. The van der Waals surface area contributed by atoms with Gasteiger partial charge in [0.05, 0.1) is 12.3 Å². The summed E-state index contributed by atoms with van der Waals surface area (Å²) in [4.78, 5) is 11.6. The molecule has 0 aromatic heterocycles. The van der Waals surface area contributed by atoms with Gasteiger partial charge in [0.2, 0.25) is 5.91 Å². The highest BCUT2D eigenvalue weighted by molar-refractivity contribution is 5.93. The minimum Gasteiger partial charge on any atom is -0.392 e. The molecule has 1 fully saturated rings. The van der Waals surface area contributed by atoms with Crippen LogP contribution in [0.5, 0.6) is 0 Å². The van der Waals surface area contributed by atoms with Crippen molar-refractivity contribution in [3.63, 3.8) is 0 Å². The van der Waals surface area contributed by atoms with E-state index in [1.165, 1.54) is 0 Å². The molecule has 1 aromatic carbocycles. The Bertz CT molecular complexity index is 365. The van der Waals surface area contributed by atoms with E-state index in [1.807, 2.05) is 24.3 Å². The van der Waals surface area contributed by atoms with Crippen molar-refractivity contribution in [1.82, 2.24) is 5.43 Å². The highest BCUT2D eigenvalue weighted by Crippen LogP contribution is 2.17. The smallest absolute Gasteiger partial charge is 0.241 e. The lowest BCUT2D eigenvalue weighted by molar-refractivity contribution is -0.120. The average molecular weight is 206 g/mol. The van der Waals surface area contributed by atoms with Gasteiger partial charge in [-0.15, -0.1) is 0 Å². The van der Waals surface area contributed by atoms with E-state index in [-0.39, 0.29) is 12.5 Å². The van der Waals surface area contributed by atoms with E-state index < -0.39 is 0 Å². The zero-order valence-corrected chi connectivity index (χ0v) is 8.44. The van der Waals surface area contributed by atoms with E-state index in [1.54, 1.807) is 5.01 Å². The zero-order valence-electron chi connectivity index (χ0n) is 8.44. The van der Waals surface area contributed by atoms with Crippen LogP contribution in [0, 0.1) is 0 Å². The summed E-state index contributed by atoms with van der Waals surface area (Å²) in [5, 5.41) is 10.6. The molecular weight excluding hydrogens is 192 g/mol. The van der Waals surface area contributed by atoms with Gasteiger partial charge in [-0.25, -0.2) is 10.4 Å². The molecule has 80 valence electrons. The minimum absolute atomic E-state index is 0.00410. The fraction of sp³-hybridized carbons (Fsp3) is 0.364. The lowest BCUT2D eigenvalue weighted by Crippen LogP contribution is -2.47. The van der Waals surface area contributed by atoms with Gasteiger partial charge in [-0.3, -0.25) is 4.79 Å². The Hall–Kier alpha value is -1.39. The number of hydrazine groups is 1. The van der Waals surface area contributed by atoms with E-state index >= 15 is 0 Å². The van der Waals surface area contributed by atoms with Crippen LogP contribution in [0.1, 0.15) is 18.4 Å². The highest BCUT2D eigenvalue weighted by atomic mass is 16.3. The summed E-state index contributed by atoms with van der Waals surface area (Å²) in [7, 11) is 0. The molecule has 0 aliphatic carbocycles. The summed E-state index contributed by atoms with van der Waals surface area (Å²) in [6.07, 6.45) is 1.46. The molecule has 0 saturated carbocycles. The molecule has 0 unspecified atom stereocenters. The first-order chi connectivity index (χ1) is 7.31. The average Bonchev–Trinajstić information content (AvgIpc) is 2.30. The van der Waals surface area contributed by atoms with Crippen LogP contribution in [-0.4, -0.2) is 17.6 Å². The van der Waals surface area contributed by atoms with Gasteiger partial charge in [-0.1, -0.05) is 12.1 Å². The molecule has 0 spiro atoms. The topological polar surface area (TPSA) is 52.6 Å². The van der Waals surface area contributed by atoms with Gasteiger partial charge in [0, 0.05) is 13.0 Å². The molecule has 1 heterocycles. The molecule has 1 saturated heterocycles. The summed E-state index contributed by atoms with van der Waals surface area (Å²) in [5.41, 5.74) is 4.65. The Kier molecular flexibility index (Phi) is 2.99. The Labute approximate surface area is 88.5 Å². The van der Waals surface area contributed by atoms with Crippen LogP contribution in [0.3, 0.4) is 0 Å². The number of carbonyl (C=O) groups excluding carboxylic acids is 1. The highest BCUT2D eigenvalue weighted by Gasteiger charge is 2.19. The minimum atomic E-state index is -0.00410. The number of carbonyl (C=O) groups is 1. The summed E-state index contributed by atoms with van der Waals surface area (Å²) >= 11 is 0. The molecule has 1 aromatic rings. The molecule has 1 aliphatic rings. The van der Waals surface area contributed by atoms with E-state index in [4.69, 9.17) is 5.11 Å². The van der Waals surface area contributed by atoms with Crippen molar-refractivity contribution in [1.29, 1.82) is 0 Å². The van der Waals surface area contributed by atoms with E-state index in [9.17, 15) is 4.79 Å². The van der Waals surface area contributed by atoms with E-state index in [0.29, 0.717) is 6.42 Å². The second-order valence-corrected chi connectivity index (χ2v) is 3.57. The Morgan fingerprint density at radius 2 is 2.33 bits per heavy atom. The molecule has 4 heteroatoms. The van der Waals surface area contributed by atoms with Crippen LogP contribution in [0.15, 0.2) is 24.3 Å². The van der Waals surface area contributed by atoms with Gasteiger partial charge in [-0.2, -0.15) is 0 Å². The molecule has 15 heavy (non-hydrogen) atoms. The molecular formula is C11H14N2O2. The third-order valence-corrected chi connectivity index (χ3v) is 2.44. The van der Waals surface area contributed by atoms with Gasteiger partial charge in [-0.05, 0) is 24.1 Å². The fourth-order valence-electron chi connectivity index (χ4n) is 1.66. The van der Waals surface area contributed by atoms with Gasteiger partial charge in [0.15, 0.2) is 0 Å². The third-order valence-electron chi connectivity index (χ3n) is 2.44. The maximum absolute atomic E-state index is 11.6. The van der Waals surface area contributed by atoms with Crippen molar-refractivity contribution < 1.29 is 9.90 Å². The van der Waals surface area contributed by atoms with Crippen molar-refractivity contribution in [2.45, 2.75) is 19.4 Å². The summed E-state index contributed by atoms with van der Waals surface area (Å²) < 4.78 is 0. The van der Waals surface area contributed by atoms with Crippen LogP contribution < -0.4 is 10.4 Å². The quantitative estimate of drug-likeness (QED) is 0.753. The zero-order chi connectivity index (χ0) is 10.7. The van der Waals surface area contributed by atoms with Crippen molar-refractivity contribution in [2.75, 3.05) is 11.6 Å². The molecule has 0 atom stereocenters. The number of hydrogen-bond acceptors (Lipinski definition) is 3. The van der Waals surface area contributed by atoms with Crippen molar-refractivity contribution in [3.8, 4) is 0 Å². The number of hydrogen-bond donors (Lipinski definition) is 2. The van der Waals surface area contributed by atoms with Gasteiger partial charge in [0.1, 0.15) is 0 Å². The predicted octanol–water partition coefficient (Wildman–Crippen LogP) is 0.810. The van der Waals surface area contributed by atoms with Crippen LogP contribution in [-0.2, 0) is 11.4 Å². The largest absolute Gasteiger partial charge is 0.392 e. The molecule has 0 radical (unpaired) electrons. The van der Waals surface area contributed by atoms with Gasteiger partial charge < -0.3 is 5.11 Å². The second-order valence-electron chi connectivity index (χ2n) is 3.57. The van der Waals surface area contributed by atoms with Crippen LogP contribution in [0.4, 0.5) is 5.69 Å². The van der Waals surface area contributed by atoms with Crippen LogP contribution in [0.25, 0.3) is 0 Å². The third kappa shape index (κ3) is 2.16. The monoisotopic (exact) mass is 206 g/mol. The molecule has 1 aliphatic heterocycles. The standard InChI is InChI=1S/C11H14N2O2/c14-8-9-3-1-4-10(7-9)13-11(15)5-2-6-12-13/h1,3-4,7,12,14H,2,5-6,8H2. The summed E-state index contributed by atoms with van der Waals surface area (Å²) in [5.74, 6) is 0.0799. The molecule has 0 bridgehead atoms. The molecule has 4 nitrogen and oxygen atoms in total. The number of aliphatic hydroxyl groups excluding tert-OH is 1. The Balaban J connectivity index is 2.23. The van der Waals surface area contributed by atoms with Crippen molar-refractivity contribution in [2.24, 2.45) is 0 Å². The first-order valence-corrected chi connectivity index (χ1v) is 5.07. The molecule has 1 amide bonds. The van der Waals surface area contributed by atoms with Crippen LogP contribution >= 0.6 is 0 Å². The number of aliphatic hydroxyl groups is 1. The van der Waals surface area contributed by atoms with Crippen molar-refractivity contribution >= 4 is 11.6 Å². The van der Waals surface area contributed by atoms with E-state index in [0.717, 1.165) is 24.2 Å². The first kappa shape index (κ1) is 10.1. The van der Waals surface area contributed by atoms with Crippen LogP contribution in [0.2, 0.25) is 0 Å². The Morgan fingerprint density at radius 3 is 3.07 bits per heavy atom. The summed E-state index contributed by atoms with van der Waals surface area (Å²) in [6.45, 7) is 0.810. The lowest BCUT2D eigenvalue weighted by atomic mass is 10.2. The molecule has 2 rings (SSSR count). The second kappa shape index (κ2) is 4.42. The van der Waals surface area contributed by atoms with Gasteiger partial charge >= 0.3 is 0 Å². The SMILES string of the molecule is O=C1CCCNN1c1cccc(CO)c1. The number of amides is 1. The number of nitrogens with zero attached hydrogens (tertiary/aromatic N) is 1. The molecule has 2 N–H and O–H groups in total. The fourth-order valence-corrected chi connectivity index (χ4v) is 1.66. The first-order valence-electron chi connectivity index (χ1n) is 5.07. The van der Waals surface area contributed by atoms with Crippen molar-refractivity contribution in [3.05, 3.63) is 29.8 Å². The predicted molar refractivity (Wildman–Crippen MR) is 57.1 cm³/mol. The Morgan fingerprint density at radius 1 is 1.47 bits per heavy atom.